The lowest BCUT2D eigenvalue weighted by atomic mass is 10.1. The van der Waals surface area contributed by atoms with Crippen molar-refractivity contribution in [1.29, 1.82) is 0 Å². The fraction of sp³-hybridized carbons (Fsp3) is 0.115. The summed E-state index contributed by atoms with van der Waals surface area (Å²) >= 11 is 15.7. The fourth-order valence-corrected chi connectivity index (χ4v) is 4.46. The minimum Gasteiger partial charge on any atom is -0.490 e. The summed E-state index contributed by atoms with van der Waals surface area (Å²) in [4.78, 5) is 39.0. The molecule has 1 aliphatic heterocycles. The Morgan fingerprint density at radius 1 is 1.00 bits per heavy atom. The van der Waals surface area contributed by atoms with Crippen molar-refractivity contribution in [2.45, 2.75) is 13.5 Å². The molecule has 36 heavy (non-hydrogen) atoms. The highest BCUT2D eigenvalue weighted by atomic mass is 79.9. The molecule has 0 spiro atoms. The normalized spacial score (nSPS) is 14.7. The number of rotatable bonds is 7. The highest BCUT2D eigenvalue weighted by Gasteiger charge is 2.37. The number of nitrogens with one attached hydrogen (secondary N) is 1. The molecule has 0 aliphatic carbocycles. The molecular formula is C26H19BrCl2N2O5. The van der Waals surface area contributed by atoms with Crippen LogP contribution in [0, 0.1) is 0 Å². The zero-order valence-corrected chi connectivity index (χ0v) is 22.0. The average Bonchev–Trinajstić information content (AvgIpc) is 2.82. The van der Waals surface area contributed by atoms with E-state index in [-0.39, 0.29) is 17.9 Å². The number of nitrogens with zero attached hydrogens (tertiary/aromatic N) is 1. The van der Waals surface area contributed by atoms with E-state index in [4.69, 9.17) is 32.7 Å². The van der Waals surface area contributed by atoms with Crippen LogP contribution in [0.3, 0.4) is 0 Å². The van der Waals surface area contributed by atoms with Gasteiger partial charge in [0.2, 0.25) is 0 Å². The minimum absolute atomic E-state index is 0.205. The van der Waals surface area contributed by atoms with Crippen molar-refractivity contribution in [2.24, 2.45) is 0 Å². The third-order valence-electron chi connectivity index (χ3n) is 5.14. The SMILES string of the molecule is CCOc1cc(/C=C2\C(=O)NC(=O)N(c3cccc(Cl)c3)C2=O)cc(Br)c1OCc1ccccc1Cl. The summed E-state index contributed by atoms with van der Waals surface area (Å²) < 4.78 is 12.3. The van der Waals surface area contributed by atoms with Crippen LogP contribution in [-0.2, 0) is 16.2 Å². The molecule has 3 aromatic carbocycles. The first-order valence-corrected chi connectivity index (χ1v) is 12.3. The van der Waals surface area contributed by atoms with Crippen LogP contribution in [0.4, 0.5) is 10.5 Å². The summed E-state index contributed by atoms with van der Waals surface area (Å²) in [6.07, 6.45) is 1.38. The number of benzene rings is 3. The van der Waals surface area contributed by atoms with E-state index >= 15 is 0 Å². The lowest BCUT2D eigenvalue weighted by Crippen LogP contribution is -2.54. The van der Waals surface area contributed by atoms with Gasteiger partial charge in [-0.2, -0.15) is 0 Å². The Bertz CT molecular complexity index is 1390. The highest BCUT2D eigenvalue weighted by molar-refractivity contribution is 9.10. The predicted octanol–water partition coefficient (Wildman–Crippen LogP) is 6.40. The number of amides is 4. The Balaban J connectivity index is 1.67. The summed E-state index contributed by atoms with van der Waals surface area (Å²) in [6.45, 7) is 2.38. The summed E-state index contributed by atoms with van der Waals surface area (Å²) in [5.74, 6) is -0.748. The lowest BCUT2D eigenvalue weighted by Gasteiger charge is -2.26. The first-order valence-electron chi connectivity index (χ1n) is 10.8. The molecule has 1 heterocycles. The molecule has 0 saturated carbocycles. The van der Waals surface area contributed by atoms with Gasteiger partial charge in [0.05, 0.1) is 16.8 Å². The lowest BCUT2D eigenvalue weighted by molar-refractivity contribution is -0.122. The molecule has 184 valence electrons. The number of barbiturate groups is 1. The van der Waals surface area contributed by atoms with Gasteiger partial charge in [-0.1, -0.05) is 47.5 Å². The minimum atomic E-state index is -0.857. The second-order valence-electron chi connectivity index (χ2n) is 7.58. The second kappa shape index (κ2) is 11.2. The molecule has 1 fully saturated rings. The van der Waals surface area contributed by atoms with Gasteiger partial charge in [-0.3, -0.25) is 14.9 Å². The number of carbonyl (C=O) groups excluding carboxylic acids is 3. The van der Waals surface area contributed by atoms with Crippen LogP contribution in [0.5, 0.6) is 11.5 Å². The van der Waals surface area contributed by atoms with E-state index in [1.165, 1.54) is 12.1 Å². The smallest absolute Gasteiger partial charge is 0.335 e. The quantitative estimate of drug-likeness (QED) is 0.255. The standard InChI is InChI=1S/C26H19BrCl2N2O5/c1-2-35-22-12-15(11-20(27)23(22)36-14-16-6-3-4-9-21(16)29)10-19-24(32)30-26(34)31(25(19)33)18-8-5-7-17(28)13-18/h3-13H,2,14H2,1H3,(H,30,32,34)/b19-10+. The van der Waals surface area contributed by atoms with E-state index < -0.39 is 17.8 Å². The van der Waals surface area contributed by atoms with E-state index in [1.807, 2.05) is 25.1 Å². The average molecular weight is 590 g/mol. The first-order chi connectivity index (χ1) is 17.3. The Morgan fingerprint density at radius 2 is 1.78 bits per heavy atom. The van der Waals surface area contributed by atoms with Crippen molar-refractivity contribution in [3.05, 3.63) is 91.9 Å². The summed E-state index contributed by atoms with van der Waals surface area (Å²) in [5, 5.41) is 3.11. The summed E-state index contributed by atoms with van der Waals surface area (Å²) in [5.41, 5.74) is 1.29. The summed E-state index contributed by atoms with van der Waals surface area (Å²) in [6, 6.07) is 16.0. The van der Waals surface area contributed by atoms with E-state index in [0.29, 0.717) is 38.2 Å². The predicted molar refractivity (Wildman–Crippen MR) is 142 cm³/mol. The number of halogens is 3. The van der Waals surface area contributed by atoms with E-state index in [9.17, 15) is 14.4 Å². The molecule has 0 aromatic heterocycles. The van der Waals surface area contributed by atoms with Crippen LogP contribution in [-0.4, -0.2) is 24.5 Å². The number of hydrogen-bond donors (Lipinski definition) is 1. The maximum absolute atomic E-state index is 13.2. The Hall–Kier alpha value is -3.33. The summed E-state index contributed by atoms with van der Waals surface area (Å²) in [7, 11) is 0. The number of hydrogen-bond acceptors (Lipinski definition) is 5. The van der Waals surface area contributed by atoms with Gasteiger partial charge in [0, 0.05) is 15.6 Å². The largest absolute Gasteiger partial charge is 0.490 e. The van der Waals surface area contributed by atoms with Gasteiger partial charge in [0.25, 0.3) is 11.8 Å². The Labute approximate surface area is 225 Å². The number of urea groups is 1. The molecule has 3 aromatic rings. The third kappa shape index (κ3) is 5.56. The van der Waals surface area contributed by atoms with Gasteiger partial charge in [0.15, 0.2) is 11.5 Å². The zero-order chi connectivity index (χ0) is 25.8. The topological polar surface area (TPSA) is 84.9 Å². The van der Waals surface area contributed by atoms with Crippen LogP contribution in [0.2, 0.25) is 10.0 Å². The van der Waals surface area contributed by atoms with Crippen LogP contribution < -0.4 is 19.7 Å². The van der Waals surface area contributed by atoms with Crippen LogP contribution in [0.25, 0.3) is 6.08 Å². The molecule has 4 rings (SSSR count). The van der Waals surface area contributed by atoms with E-state index in [1.54, 1.807) is 36.4 Å². The first kappa shape index (κ1) is 25.8. The zero-order valence-electron chi connectivity index (χ0n) is 18.9. The van der Waals surface area contributed by atoms with Crippen molar-refractivity contribution in [3.63, 3.8) is 0 Å². The molecule has 0 atom stereocenters. The van der Waals surface area contributed by atoms with Crippen LogP contribution in [0.15, 0.2) is 70.7 Å². The van der Waals surface area contributed by atoms with Crippen LogP contribution in [0.1, 0.15) is 18.1 Å². The maximum atomic E-state index is 13.2. The van der Waals surface area contributed by atoms with Crippen molar-refractivity contribution in [2.75, 3.05) is 11.5 Å². The molecule has 1 saturated heterocycles. The monoisotopic (exact) mass is 588 g/mol. The molecule has 0 unspecified atom stereocenters. The van der Waals surface area contributed by atoms with Gasteiger partial charge in [-0.15, -0.1) is 0 Å². The van der Waals surface area contributed by atoms with Gasteiger partial charge in [0.1, 0.15) is 12.2 Å². The van der Waals surface area contributed by atoms with Crippen molar-refractivity contribution >= 4 is 68.7 Å². The Morgan fingerprint density at radius 3 is 2.50 bits per heavy atom. The third-order valence-corrected chi connectivity index (χ3v) is 6.33. The van der Waals surface area contributed by atoms with Gasteiger partial charge < -0.3 is 9.47 Å². The van der Waals surface area contributed by atoms with Crippen molar-refractivity contribution < 1.29 is 23.9 Å². The van der Waals surface area contributed by atoms with Crippen molar-refractivity contribution in [1.82, 2.24) is 5.32 Å². The number of imide groups is 2. The van der Waals surface area contributed by atoms with Gasteiger partial charge in [-0.25, -0.2) is 9.69 Å². The Kier molecular flexibility index (Phi) is 7.98. The van der Waals surface area contributed by atoms with Crippen molar-refractivity contribution in [3.8, 4) is 11.5 Å². The molecule has 1 N–H and O–H groups in total. The molecular weight excluding hydrogens is 571 g/mol. The molecule has 10 heteroatoms. The molecule has 4 amide bonds. The molecule has 0 bridgehead atoms. The van der Waals surface area contributed by atoms with Gasteiger partial charge in [-0.05, 0) is 70.9 Å². The maximum Gasteiger partial charge on any atom is 0.335 e. The van der Waals surface area contributed by atoms with Gasteiger partial charge >= 0.3 is 6.03 Å². The molecule has 0 radical (unpaired) electrons. The van der Waals surface area contributed by atoms with E-state index in [0.717, 1.165) is 10.5 Å². The molecule has 1 aliphatic rings. The van der Waals surface area contributed by atoms with Crippen LogP contribution >= 0.6 is 39.1 Å². The highest BCUT2D eigenvalue weighted by Crippen LogP contribution is 2.38. The van der Waals surface area contributed by atoms with E-state index in [2.05, 4.69) is 21.2 Å². The fourth-order valence-electron chi connectivity index (χ4n) is 3.51. The second-order valence-corrected chi connectivity index (χ2v) is 9.28. The number of anilines is 1. The molecule has 7 nitrogen and oxygen atoms in total. The number of carbonyl (C=O) groups is 3. The number of ether oxygens (including phenoxy) is 2.